The maximum absolute atomic E-state index is 11.3. The van der Waals surface area contributed by atoms with Gasteiger partial charge in [0.25, 0.3) is 0 Å². The summed E-state index contributed by atoms with van der Waals surface area (Å²) in [4.78, 5) is 13.2. The Balaban J connectivity index is 2.39. The van der Waals surface area contributed by atoms with Crippen molar-refractivity contribution in [2.75, 3.05) is 20.3 Å². The predicted molar refractivity (Wildman–Crippen MR) is 44.1 cm³/mol. The van der Waals surface area contributed by atoms with Crippen LogP contribution >= 0.6 is 0 Å². The molecule has 0 radical (unpaired) electrons. The van der Waals surface area contributed by atoms with Crippen molar-refractivity contribution >= 4 is 5.91 Å². The van der Waals surface area contributed by atoms with Gasteiger partial charge in [0.1, 0.15) is 0 Å². The van der Waals surface area contributed by atoms with Gasteiger partial charge in [0.05, 0.1) is 6.67 Å². The lowest BCUT2D eigenvalue weighted by Gasteiger charge is -2.19. The van der Waals surface area contributed by atoms with Crippen LogP contribution in [0.1, 0.15) is 25.7 Å². The van der Waals surface area contributed by atoms with Crippen molar-refractivity contribution in [1.29, 1.82) is 0 Å². The third-order valence-corrected chi connectivity index (χ3v) is 2.02. The van der Waals surface area contributed by atoms with E-state index in [1.807, 2.05) is 11.9 Å². The zero-order chi connectivity index (χ0) is 8.10. The fraction of sp³-hybridized carbons (Fsp3) is 0.875. The first-order valence-corrected chi connectivity index (χ1v) is 4.27. The fourth-order valence-corrected chi connectivity index (χ4v) is 1.40. The molecule has 0 saturated carbocycles. The maximum Gasteiger partial charge on any atom is 0.223 e. The van der Waals surface area contributed by atoms with Crippen molar-refractivity contribution in [3.63, 3.8) is 0 Å². The van der Waals surface area contributed by atoms with Crippen LogP contribution in [-0.2, 0) is 4.79 Å². The molecular weight excluding hydrogens is 140 g/mol. The molecule has 3 heteroatoms. The number of carbonyl (C=O) groups excluding carboxylic acids is 1. The van der Waals surface area contributed by atoms with Gasteiger partial charge in [-0.2, -0.15) is 0 Å². The minimum Gasteiger partial charge on any atom is -0.330 e. The van der Waals surface area contributed by atoms with Crippen LogP contribution in [0.5, 0.6) is 0 Å². The lowest BCUT2D eigenvalue weighted by molar-refractivity contribution is -0.130. The number of amides is 1. The van der Waals surface area contributed by atoms with E-state index in [0.717, 1.165) is 25.8 Å². The van der Waals surface area contributed by atoms with Crippen LogP contribution in [0.2, 0.25) is 0 Å². The second kappa shape index (κ2) is 4.34. The molecule has 0 aliphatic carbocycles. The van der Waals surface area contributed by atoms with Gasteiger partial charge in [0.15, 0.2) is 0 Å². The van der Waals surface area contributed by atoms with E-state index in [9.17, 15) is 4.79 Å². The summed E-state index contributed by atoms with van der Waals surface area (Å²) in [6, 6.07) is 0. The number of carbonyl (C=O) groups is 1. The second-order valence-corrected chi connectivity index (χ2v) is 2.98. The van der Waals surface area contributed by atoms with Gasteiger partial charge in [-0.05, 0) is 19.9 Å². The standard InChI is InChI=1S/C8H16N2O/c1-9-7-10-6-4-2-3-5-8(10)11/h9H,2-7H2,1H3. The van der Waals surface area contributed by atoms with Gasteiger partial charge in [-0.3, -0.25) is 4.79 Å². The van der Waals surface area contributed by atoms with E-state index in [0.29, 0.717) is 12.6 Å². The summed E-state index contributed by atoms with van der Waals surface area (Å²) in [5.41, 5.74) is 0. The average Bonchev–Trinajstić information content (AvgIpc) is 2.18. The van der Waals surface area contributed by atoms with Crippen LogP contribution in [0.25, 0.3) is 0 Å². The third kappa shape index (κ3) is 2.50. The van der Waals surface area contributed by atoms with E-state index >= 15 is 0 Å². The van der Waals surface area contributed by atoms with Crippen molar-refractivity contribution in [2.24, 2.45) is 0 Å². The number of likely N-dealkylation sites (tertiary alicyclic amines) is 1. The van der Waals surface area contributed by atoms with Crippen molar-refractivity contribution in [1.82, 2.24) is 10.2 Å². The fourth-order valence-electron chi connectivity index (χ4n) is 1.40. The van der Waals surface area contributed by atoms with E-state index in [1.165, 1.54) is 6.42 Å². The molecule has 0 aromatic carbocycles. The summed E-state index contributed by atoms with van der Waals surface area (Å²) < 4.78 is 0. The molecule has 11 heavy (non-hydrogen) atoms. The smallest absolute Gasteiger partial charge is 0.223 e. The highest BCUT2D eigenvalue weighted by atomic mass is 16.2. The van der Waals surface area contributed by atoms with Crippen molar-refractivity contribution in [2.45, 2.75) is 25.7 Å². The Hall–Kier alpha value is -0.570. The monoisotopic (exact) mass is 156 g/mol. The summed E-state index contributed by atoms with van der Waals surface area (Å²) in [5.74, 6) is 0.303. The molecule has 0 aromatic rings. The van der Waals surface area contributed by atoms with Gasteiger partial charge in [-0.25, -0.2) is 0 Å². The Bertz CT molecular complexity index is 136. The molecule has 1 aliphatic heterocycles. The van der Waals surface area contributed by atoms with Gasteiger partial charge >= 0.3 is 0 Å². The lowest BCUT2D eigenvalue weighted by Crippen LogP contribution is -2.36. The Morgan fingerprint density at radius 2 is 2.27 bits per heavy atom. The molecule has 0 unspecified atom stereocenters. The minimum absolute atomic E-state index is 0.303. The van der Waals surface area contributed by atoms with Gasteiger partial charge in [-0.1, -0.05) is 6.42 Å². The summed E-state index contributed by atoms with van der Waals surface area (Å²) >= 11 is 0. The van der Waals surface area contributed by atoms with E-state index in [-0.39, 0.29) is 0 Å². The van der Waals surface area contributed by atoms with E-state index in [1.54, 1.807) is 0 Å². The van der Waals surface area contributed by atoms with Crippen molar-refractivity contribution in [3.8, 4) is 0 Å². The summed E-state index contributed by atoms with van der Waals surface area (Å²) in [6.45, 7) is 1.64. The topological polar surface area (TPSA) is 32.3 Å². The molecular formula is C8H16N2O. The molecule has 1 amide bonds. The number of hydrogen-bond acceptors (Lipinski definition) is 2. The van der Waals surface area contributed by atoms with Gasteiger partial charge in [0, 0.05) is 13.0 Å². The molecule has 0 aromatic heterocycles. The first kappa shape index (κ1) is 8.53. The molecule has 1 saturated heterocycles. The highest BCUT2D eigenvalue weighted by molar-refractivity contribution is 5.76. The summed E-state index contributed by atoms with van der Waals surface area (Å²) in [6.07, 6.45) is 4.17. The van der Waals surface area contributed by atoms with Crippen LogP contribution in [0.3, 0.4) is 0 Å². The summed E-state index contributed by atoms with van der Waals surface area (Å²) in [5, 5.41) is 3.00. The number of rotatable bonds is 2. The maximum atomic E-state index is 11.3. The average molecular weight is 156 g/mol. The first-order chi connectivity index (χ1) is 5.34. The molecule has 0 spiro atoms. The molecule has 1 aliphatic rings. The van der Waals surface area contributed by atoms with Crippen LogP contribution in [0.4, 0.5) is 0 Å². The van der Waals surface area contributed by atoms with Gasteiger partial charge < -0.3 is 10.2 Å². The van der Waals surface area contributed by atoms with Crippen LogP contribution in [0, 0.1) is 0 Å². The normalized spacial score (nSPS) is 20.1. The molecule has 1 fully saturated rings. The van der Waals surface area contributed by atoms with Gasteiger partial charge in [0.2, 0.25) is 5.91 Å². The largest absolute Gasteiger partial charge is 0.330 e. The zero-order valence-corrected chi connectivity index (χ0v) is 7.10. The number of nitrogens with zero attached hydrogens (tertiary/aromatic N) is 1. The molecule has 64 valence electrons. The van der Waals surface area contributed by atoms with Crippen molar-refractivity contribution < 1.29 is 4.79 Å². The minimum atomic E-state index is 0.303. The number of hydrogen-bond donors (Lipinski definition) is 1. The SMILES string of the molecule is CNCN1CCCCCC1=O. The zero-order valence-electron chi connectivity index (χ0n) is 7.10. The Morgan fingerprint density at radius 1 is 1.45 bits per heavy atom. The predicted octanol–water partition coefficient (Wildman–Crippen LogP) is 0.566. The van der Waals surface area contributed by atoms with E-state index in [4.69, 9.17) is 0 Å². The summed E-state index contributed by atoms with van der Waals surface area (Å²) in [7, 11) is 1.87. The molecule has 1 N–H and O–H groups in total. The Kier molecular flexibility index (Phi) is 3.36. The molecule has 0 bridgehead atoms. The lowest BCUT2D eigenvalue weighted by atomic mass is 10.2. The van der Waals surface area contributed by atoms with E-state index in [2.05, 4.69) is 5.32 Å². The van der Waals surface area contributed by atoms with Crippen LogP contribution < -0.4 is 5.32 Å². The Morgan fingerprint density at radius 3 is 3.00 bits per heavy atom. The molecule has 3 nitrogen and oxygen atoms in total. The van der Waals surface area contributed by atoms with Gasteiger partial charge in [-0.15, -0.1) is 0 Å². The number of nitrogens with one attached hydrogen (secondary N) is 1. The van der Waals surface area contributed by atoms with E-state index < -0.39 is 0 Å². The molecule has 0 atom stereocenters. The van der Waals surface area contributed by atoms with Crippen molar-refractivity contribution in [3.05, 3.63) is 0 Å². The molecule has 1 heterocycles. The third-order valence-electron chi connectivity index (χ3n) is 2.02. The highest BCUT2D eigenvalue weighted by Crippen LogP contribution is 2.09. The quantitative estimate of drug-likeness (QED) is 0.633. The second-order valence-electron chi connectivity index (χ2n) is 2.98. The Labute approximate surface area is 67.8 Å². The van der Waals surface area contributed by atoms with Crippen LogP contribution in [0.15, 0.2) is 0 Å². The molecule has 1 rings (SSSR count). The highest BCUT2D eigenvalue weighted by Gasteiger charge is 2.14. The first-order valence-electron chi connectivity index (χ1n) is 4.27. The van der Waals surface area contributed by atoms with Crippen LogP contribution in [-0.4, -0.2) is 31.1 Å².